The lowest BCUT2D eigenvalue weighted by atomic mass is 10.2. The molecule has 16 heavy (non-hydrogen) atoms. The lowest BCUT2D eigenvalue weighted by Crippen LogP contribution is -2.14. The van der Waals surface area contributed by atoms with Gasteiger partial charge in [-0.3, -0.25) is 5.41 Å². The van der Waals surface area contributed by atoms with Gasteiger partial charge in [0.05, 0.1) is 6.61 Å². The first-order chi connectivity index (χ1) is 7.13. The normalized spacial score (nSPS) is 8.88. The molecule has 1 aromatic rings. The number of benzene rings is 1. The maximum absolute atomic E-state index is 12.7. The summed E-state index contributed by atoms with van der Waals surface area (Å²) in [5.74, 6) is -0.933. The molecule has 0 aliphatic rings. The van der Waals surface area contributed by atoms with Crippen LogP contribution in [0.15, 0.2) is 24.3 Å². The SMILES string of the molecule is CCOC(=O)OC(=N)c1cccc(F)c1.Cl. The van der Waals surface area contributed by atoms with Crippen LogP contribution in [0.3, 0.4) is 0 Å². The second kappa shape index (κ2) is 6.79. The molecule has 0 heterocycles. The van der Waals surface area contributed by atoms with Crippen LogP contribution in [0.2, 0.25) is 0 Å². The van der Waals surface area contributed by atoms with E-state index in [2.05, 4.69) is 9.47 Å². The van der Waals surface area contributed by atoms with E-state index in [0.29, 0.717) is 0 Å². The molecule has 1 rings (SSSR count). The van der Waals surface area contributed by atoms with Crippen molar-refractivity contribution in [2.24, 2.45) is 0 Å². The van der Waals surface area contributed by atoms with Crippen LogP contribution in [0.25, 0.3) is 0 Å². The molecule has 0 saturated carbocycles. The molecule has 0 spiro atoms. The summed E-state index contributed by atoms with van der Waals surface area (Å²) in [5, 5.41) is 7.35. The van der Waals surface area contributed by atoms with Crippen molar-refractivity contribution in [2.45, 2.75) is 6.92 Å². The van der Waals surface area contributed by atoms with Crippen molar-refractivity contribution in [1.82, 2.24) is 0 Å². The van der Waals surface area contributed by atoms with Crippen molar-refractivity contribution in [3.05, 3.63) is 35.6 Å². The molecule has 6 heteroatoms. The minimum Gasteiger partial charge on any atom is -0.434 e. The fraction of sp³-hybridized carbons (Fsp3) is 0.200. The zero-order chi connectivity index (χ0) is 11.3. The van der Waals surface area contributed by atoms with Gasteiger partial charge in [-0.1, -0.05) is 6.07 Å². The number of carbonyl (C=O) groups is 1. The third-order valence-corrected chi connectivity index (χ3v) is 1.53. The van der Waals surface area contributed by atoms with Crippen molar-refractivity contribution in [3.8, 4) is 0 Å². The van der Waals surface area contributed by atoms with Gasteiger partial charge in [-0.15, -0.1) is 12.4 Å². The average molecular weight is 248 g/mol. The molecule has 88 valence electrons. The summed E-state index contributed by atoms with van der Waals surface area (Å²) >= 11 is 0. The smallest absolute Gasteiger partial charge is 0.434 e. The van der Waals surface area contributed by atoms with Gasteiger partial charge in [-0.25, -0.2) is 9.18 Å². The topological polar surface area (TPSA) is 59.4 Å². The third kappa shape index (κ3) is 4.27. The molecule has 0 aliphatic carbocycles. The first-order valence-corrected chi connectivity index (χ1v) is 4.32. The molecule has 0 atom stereocenters. The fourth-order valence-electron chi connectivity index (χ4n) is 0.919. The zero-order valence-corrected chi connectivity index (χ0v) is 9.34. The van der Waals surface area contributed by atoms with Crippen LogP contribution in [0, 0.1) is 11.2 Å². The van der Waals surface area contributed by atoms with E-state index >= 15 is 0 Å². The standard InChI is InChI=1S/C10H10FNO3.ClH/c1-2-14-10(13)15-9(12)7-4-3-5-8(11)6-7;/h3-6,12H,2H2,1H3;1H. The van der Waals surface area contributed by atoms with E-state index in [0.717, 1.165) is 6.07 Å². The molecular formula is C10H11ClFNO3. The fourth-order valence-corrected chi connectivity index (χ4v) is 0.919. The molecule has 1 aromatic carbocycles. The minimum atomic E-state index is -0.966. The Hall–Kier alpha value is -1.62. The van der Waals surface area contributed by atoms with Gasteiger partial charge in [0.25, 0.3) is 0 Å². The molecule has 0 radical (unpaired) electrons. The minimum absolute atomic E-state index is 0. The molecule has 4 nitrogen and oxygen atoms in total. The number of ether oxygens (including phenoxy) is 2. The van der Waals surface area contributed by atoms with Crippen LogP contribution in [0.4, 0.5) is 9.18 Å². The van der Waals surface area contributed by atoms with E-state index in [4.69, 9.17) is 5.41 Å². The summed E-state index contributed by atoms with van der Waals surface area (Å²) in [5.41, 5.74) is 0.183. The first kappa shape index (κ1) is 14.4. The number of carbonyl (C=O) groups excluding carboxylic acids is 1. The summed E-state index contributed by atoms with van der Waals surface area (Å²) in [6.07, 6.45) is -0.966. The number of hydrogen-bond acceptors (Lipinski definition) is 4. The Kier molecular flexibility index (Phi) is 6.10. The summed E-state index contributed by atoms with van der Waals surface area (Å²) in [4.78, 5) is 10.8. The van der Waals surface area contributed by atoms with E-state index in [-0.39, 0.29) is 24.6 Å². The van der Waals surface area contributed by atoms with E-state index in [9.17, 15) is 9.18 Å². The summed E-state index contributed by atoms with van der Waals surface area (Å²) in [6, 6.07) is 5.22. The Morgan fingerprint density at radius 1 is 1.50 bits per heavy atom. The largest absolute Gasteiger partial charge is 0.515 e. The molecule has 0 fully saturated rings. The number of nitrogens with one attached hydrogen (secondary N) is 1. The number of halogens is 2. The van der Waals surface area contributed by atoms with Crippen LogP contribution < -0.4 is 0 Å². The van der Waals surface area contributed by atoms with Crippen molar-refractivity contribution in [2.75, 3.05) is 6.61 Å². The van der Waals surface area contributed by atoms with Crippen LogP contribution >= 0.6 is 12.4 Å². The number of hydrogen-bond donors (Lipinski definition) is 1. The highest BCUT2D eigenvalue weighted by atomic mass is 35.5. The van der Waals surface area contributed by atoms with Gasteiger partial charge in [0.15, 0.2) is 0 Å². The summed E-state index contributed by atoms with van der Waals surface area (Å²) < 4.78 is 21.7. The van der Waals surface area contributed by atoms with Crippen LogP contribution in [-0.4, -0.2) is 18.7 Å². The van der Waals surface area contributed by atoms with Gasteiger partial charge in [0.2, 0.25) is 5.90 Å². The Bertz CT molecular complexity index is 384. The van der Waals surface area contributed by atoms with Crippen molar-refractivity contribution in [3.63, 3.8) is 0 Å². The van der Waals surface area contributed by atoms with Gasteiger partial charge >= 0.3 is 6.16 Å². The van der Waals surface area contributed by atoms with Gasteiger partial charge in [0.1, 0.15) is 5.82 Å². The van der Waals surface area contributed by atoms with E-state index in [1.165, 1.54) is 18.2 Å². The zero-order valence-electron chi connectivity index (χ0n) is 8.53. The van der Waals surface area contributed by atoms with Gasteiger partial charge in [-0.05, 0) is 25.1 Å². The molecule has 0 bridgehead atoms. The highest BCUT2D eigenvalue weighted by molar-refractivity contribution is 5.97. The predicted molar refractivity (Wildman–Crippen MR) is 58.6 cm³/mol. The van der Waals surface area contributed by atoms with Gasteiger partial charge < -0.3 is 9.47 Å². The molecule has 0 amide bonds. The first-order valence-electron chi connectivity index (χ1n) is 4.32. The van der Waals surface area contributed by atoms with Crippen molar-refractivity contribution >= 4 is 24.5 Å². The molecule has 0 aromatic heterocycles. The molecule has 0 saturated heterocycles. The maximum Gasteiger partial charge on any atom is 0.515 e. The summed E-state index contributed by atoms with van der Waals surface area (Å²) in [7, 11) is 0. The monoisotopic (exact) mass is 247 g/mol. The van der Waals surface area contributed by atoms with E-state index in [1.54, 1.807) is 6.92 Å². The van der Waals surface area contributed by atoms with Crippen LogP contribution in [0.1, 0.15) is 12.5 Å². The lowest BCUT2D eigenvalue weighted by Gasteiger charge is -2.04. The van der Waals surface area contributed by atoms with Crippen molar-refractivity contribution < 1.29 is 18.7 Å². The molecule has 0 unspecified atom stereocenters. The van der Waals surface area contributed by atoms with Gasteiger partial charge in [0, 0.05) is 5.56 Å². The molecule has 1 N–H and O–H groups in total. The third-order valence-electron chi connectivity index (χ3n) is 1.53. The second-order valence-corrected chi connectivity index (χ2v) is 2.62. The number of rotatable bonds is 2. The Labute approximate surface area is 98.3 Å². The predicted octanol–water partition coefficient (Wildman–Crippen LogP) is 2.75. The van der Waals surface area contributed by atoms with Gasteiger partial charge in [-0.2, -0.15) is 0 Å². The average Bonchev–Trinajstić information content (AvgIpc) is 2.18. The second-order valence-electron chi connectivity index (χ2n) is 2.62. The Balaban J connectivity index is 0.00000225. The molecular weight excluding hydrogens is 237 g/mol. The Morgan fingerprint density at radius 3 is 2.75 bits per heavy atom. The quantitative estimate of drug-likeness (QED) is 0.497. The van der Waals surface area contributed by atoms with Crippen LogP contribution in [-0.2, 0) is 9.47 Å². The van der Waals surface area contributed by atoms with E-state index < -0.39 is 17.9 Å². The van der Waals surface area contributed by atoms with Crippen molar-refractivity contribution in [1.29, 1.82) is 5.41 Å². The summed E-state index contributed by atoms with van der Waals surface area (Å²) in [6.45, 7) is 1.78. The Morgan fingerprint density at radius 2 is 2.19 bits per heavy atom. The highest BCUT2D eigenvalue weighted by Crippen LogP contribution is 2.05. The maximum atomic E-state index is 12.7. The highest BCUT2D eigenvalue weighted by Gasteiger charge is 2.10. The molecule has 0 aliphatic heterocycles. The van der Waals surface area contributed by atoms with Crippen LogP contribution in [0.5, 0.6) is 0 Å². The lowest BCUT2D eigenvalue weighted by molar-refractivity contribution is 0.100. The van der Waals surface area contributed by atoms with E-state index in [1.807, 2.05) is 0 Å².